The molecular formula is C15H17NO6. The Kier molecular flexibility index (Phi) is 4.65. The average Bonchev–Trinajstić information content (AvgIpc) is 2.53. The normalized spacial score (nSPS) is 18.0. The first-order valence-corrected chi connectivity index (χ1v) is 6.74. The summed E-state index contributed by atoms with van der Waals surface area (Å²) in [6.07, 6.45) is -0.684. The number of rotatable bonds is 3. The number of carbonyl (C=O) groups is 3. The van der Waals surface area contributed by atoms with Crippen molar-refractivity contribution in [2.45, 2.75) is 12.3 Å². The molecule has 22 heavy (non-hydrogen) atoms. The summed E-state index contributed by atoms with van der Waals surface area (Å²) >= 11 is 0. The standard InChI is InChI=1S/C15H17NO6/c1-21-13-7-9(3-4-11(13)14(18)22-2)10-5-6-16(15(19)20)8-12(10)17/h3-4,7,10H,5-6,8H2,1-2H3,(H,19,20). The number of likely N-dealkylation sites (tertiary alicyclic amines) is 1. The topological polar surface area (TPSA) is 93.1 Å². The monoisotopic (exact) mass is 307 g/mol. The molecule has 1 aliphatic rings. The minimum absolute atomic E-state index is 0.124. The van der Waals surface area contributed by atoms with Crippen LogP contribution in [-0.4, -0.2) is 55.2 Å². The zero-order chi connectivity index (χ0) is 16.3. The number of Topliss-reactive ketones (excluding diaryl/α,β-unsaturated/α-hetero) is 1. The van der Waals surface area contributed by atoms with Crippen molar-refractivity contribution in [3.05, 3.63) is 29.3 Å². The van der Waals surface area contributed by atoms with Crippen LogP contribution in [0.4, 0.5) is 4.79 Å². The highest BCUT2D eigenvalue weighted by Crippen LogP contribution is 2.30. The Bertz CT molecular complexity index is 612. The van der Waals surface area contributed by atoms with Crippen LogP contribution in [0.15, 0.2) is 18.2 Å². The molecule has 0 aromatic heterocycles. The highest BCUT2D eigenvalue weighted by Gasteiger charge is 2.31. The molecule has 1 unspecified atom stereocenters. The smallest absolute Gasteiger partial charge is 0.407 e. The molecule has 0 saturated carbocycles. The second kappa shape index (κ2) is 6.46. The van der Waals surface area contributed by atoms with E-state index in [1.165, 1.54) is 14.2 Å². The number of ketones is 1. The molecule has 0 radical (unpaired) electrons. The number of hydrogen-bond acceptors (Lipinski definition) is 5. The Morgan fingerprint density at radius 1 is 1.32 bits per heavy atom. The van der Waals surface area contributed by atoms with Crippen LogP contribution < -0.4 is 4.74 Å². The number of esters is 1. The van der Waals surface area contributed by atoms with Crippen LogP contribution in [0.5, 0.6) is 5.75 Å². The Morgan fingerprint density at radius 3 is 2.59 bits per heavy atom. The van der Waals surface area contributed by atoms with Gasteiger partial charge in [-0.05, 0) is 24.1 Å². The number of nitrogens with zero attached hydrogens (tertiary/aromatic N) is 1. The molecule has 1 aliphatic heterocycles. The Labute approximate surface area is 127 Å². The van der Waals surface area contributed by atoms with E-state index >= 15 is 0 Å². The lowest BCUT2D eigenvalue weighted by Gasteiger charge is -2.29. The molecule has 0 aliphatic carbocycles. The first kappa shape index (κ1) is 15.8. The van der Waals surface area contributed by atoms with Crippen LogP contribution in [-0.2, 0) is 9.53 Å². The molecule has 1 N–H and O–H groups in total. The van der Waals surface area contributed by atoms with E-state index in [2.05, 4.69) is 4.74 Å². The molecule has 1 aromatic rings. The van der Waals surface area contributed by atoms with Gasteiger partial charge in [0.25, 0.3) is 0 Å². The van der Waals surface area contributed by atoms with E-state index in [1.54, 1.807) is 18.2 Å². The molecule has 7 heteroatoms. The molecule has 7 nitrogen and oxygen atoms in total. The fraction of sp³-hybridized carbons (Fsp3) is 0.400. The number of carboxylic acid groups (broad SMARTS) is 1. The Hall–Kier alpha value is -2.57. The molecule has 1 fully saturated rings. The summed E-state index contributed by atoms with van der Waals surface area (Å²) in [4.78, 5) is 35.8. The highest BCUT2D eigenvalue weighted by atomic mass is 16.5. The quantitative estimate of drug-likeness (QED) is 0.851. The van der Waals surface area contributed by atoms with E-state index < -0.39 is 18.0 Å². The zero-order valence-corrected chi connectivity index (χ0v) is 12.4. The minimum Gasteiger partial charge on any atom is -0.496 e. The molecule has 118 valence electrons. The van der Waals surface area contributed by atoms with Crippen LogP contribution in [0.25, 0.3) is 0 Å². The first-order valence-electron chi connectivity index (χ1n) is 6.74. The van der Waals surface area contributed by atoms with Crippen molar-refractivity contribution in [3.63, 3.8) is 0 Å². The number of amides is 1. The van der Waals surface area contributed by atoms with Gasteiger partial charge in [0.05, 0.1) is 20.8 Å². The van der Waals surface area contributed by atoms with Gasteiger partial charge in [0.15, 0.2) is 5.78 Å². The van der Waals surface area contributed by atoms with Crippen molar-refractivity contribution in [1.29, 1.82) is 0 Å². The summed E-state index contributed by atoms with van der Waals surface area (Å²) in [6.45, 7) is 0.174. The number of carbonyl (C=O) groups excluding carboxylic acids is 2. The van der Waals surface area contributed by atoms with E-state index in [-0.39, 0.29) is 17.9 Å². The molecule has 0 spiro atoms. The minimum atomic E-state index is -1.09. The van der Waals surface area contributed by atoms with Gasteiger partial charge in [-0.3, -0.25) is 4.79 Å². The van der Waals surface area contributed by atoms with Crippen LogP contribution in [0.2, 0.25) is 0 Å². The van der Waals surface area contributed by atoms with Crippen LogP contribution in [0.1, 0.15) is 28.3 Å². The van der Waals surface area contributed by atoms with Gasteiger partial charge in [-0.25, -0.2) is 9.59 Å². The second-order valence-electron chi connectivity index (χ2n) is 4.96. The van der Waals surface area contributed by atoms with Crippen molar-refractivity contribution in [1.82, 2.24) is 4.90 Å². The van der Waals surface area contributed by atoms with Gasteiger partial charge >= 0.3 is 12.1 Å². The Morgan fingerprint density at radius 2 is 2.05 bits per heavy atom. The van der Waals surface area contributed by atoms with Gasteiger partial charge in [-0.15, -0.1) is 0 Å². The van der Waals surface area contributed by atoms with Crippen LogP contribution in [0.3, 0.4) is 0 Å². The van der Waals surface area contributed by atoms with E-state index in [0.29, 0.717) is 24.3 Å². The summed E-state index contributed by atoms with van der Waals surface area (Å²) in [7, 11) is 2.71. The molecule has 1 aromatic carbocycles. The van der Waals surface area contributed by atoms with Crippen molar-refractivity contribution in [2.24, 2.45) is 0 Å². The Balaban J connectivity index is 2.25. The summed E-state index contributed by atoms with van der Waals surface area (Å²) in [5, 5.41) is 8.92. The third-order valence-corrected chi connectivity index (χ3v) is 3.73. The largest absolute Gasteiger partial charge is 0.496 e. The third kappa shape index (κ3) is 3.03. The third-order valence-electron chi connectivity index (χ3n) is 3.73. The van der Waals surface area contributed by atoms with Gasteiger partial charge in [0, 0.05) is 12.5 Å². The van der Waals surface area contributed by atoms with Crippen LogP contribution in [0, 0.1) is 0 Å². The van der Waals surface area contributed by atoms with E-state index in [4.69, 9.17) is 9.84 Å². The lowest BCUT2D eigenvalue weighted by Crippen LogP contribution is -2.42. The fourth-order valence-electron chi connectivity index (χ4n) is 2.54. The predicted octanol–water partition coefficient (Wildman–Crippen LogP) is 1.52. The van der Waals surface area contributed by atoms with Gasteiger partial charge in [0.2, 0.25) is 0 Å². The number of hydrogen-bond donors (Lipinski definition) is 1. The fourth-order valence-corrected chi connectivity index (χ4v) is 2.54. The maximum atomic E-state index is 12.1. The molecule has 0 bridgehead atoms. The van der Waals surface area contributed by atoms with Crippen molar-refractivity contribution >= 4 is 17.8 Å². The van der Waals surface area contributed by atoms with Crippen molar-refractivity contribution in [2.75, 3.05) is 27.3 Å². The highest BCUT2D eigenvalue weighted by molar-refractivity contribution is 5.94. The summed E-state index contributed by atoms with van der Waals surface area (Å²) in [5.41, 5.74) is 0.990. The van der Waals surface area contributed by atoms with E-state index in [0.717, 1.165) is 4.90 Å². The maximum Gasteiger partial charge on any atom is 0.407 e. The number of ether oxygens (including phenoxy) is 2. The lowest BCUT2D eigenvalue weighted by molar-refractivity contribution is -0.123. The predicted molar refractivity (Wildman–Crippen MR) is 76.3 cm³/mol. The summed E-state index contributed by atoms with van der Waals surface area (Å²) in [5.74, 6) is -0.744. The van der Waals surface area contributed by atoms with Gasteiger partial charge in [0.1, 0.15) is 11.3 Å². The van der Waals surface area contributed by atoms with Gasteiger partial charge in [-0.2, -0.15) is 0 Å². The summed E-state index contributed by atoms with van der Waals surface area (Å²) < 4.78 is 9.85. The van der Waals surface area contributed by atoms with E-state index in [9.17, 15) is 14.4 Å². The van der Waals surface area contributed by atoms with Crippen molar-refractivity contribution in [3.8, 4) is 5.75 Å². The average molecular weight is 307 g/mol. The molecule has 1 amide bonds. The molecule has 2 rings (SSSR count). The molecular weight excluding hydrogens is 290 g/mol. The van der Waals surface area contributed by atoms with Crippen molar-refractivity contribution < 1.29 is 29.0 Å². The maximum absolute atomic E-state index is 12.1. The number of benzene rings is 1. The number of piperidine rings is 1. The van der Waals surface area contributed by atoms with Gasteiger partial charge < -0.3 is 19.5 Å². The SMILES string of the molecule is COC(=O)c1ccc(C2CCN(C(=O)O)CC2=O)cc1OC. The first-order chi connectivity index (χ1) is 10.5. The lowest BCUT2D eigenvalue weighted by atomic mass is 9.88. The summed E-state index contributed by atoms with van der Waals surface area (Å²) in [6, 6.07) is 4.86. The van der Waals surface area contributed by atoms with Gasteiger partial charge in [-0.1, -0.05) is 6.07 Å². The molecule has 1 heterocycles. The number of methoxy groups -OCH3 is 2. The van der Waals surface area contributed by atoms with E-state index in [1.807, 2.05) is 0 Å². The zero-order valence-electron chi connectivity index (χ0n) is 12.4. The van der Waals surface area contributed by atoms with Crippen LogP contribution >= 0.6 is 0 Å². The molecule has 1 saturated heterocycles. The second-order valence-corrected chi connectivity index (χ2v) is 4.96. The molecule has 1 atom stereocenters.